The highest BCUT2D eigenvalue weighted by molar-refractivity contribution is 5.04. The molecule has 0 aliphatic rings. The summed E-state index contributed by atoms with van der Waals surface area (Å²) in [6.07, 6.45) is 6.99. The first-order valence-corrected chi connectivity index (χ1v) is 5.45. The Morgan fingerprint density at radius 2 is 2.00 bits per heavy atom. The second kappa shape index (κ2) is 4.60. The summed E-state index contributed by atoms with van der Waals surface area (Å²) in [4.78, 5) is 4.21. The Morgan fingerprint density at radius 1 is 1.36 bits per heavy atom. The lowest BCUT2D eigenvalue weighted by molar-refractivity contribution is 0.264. The average Bonchev–Trinajstić information content (AvgIpc) is 2.70. The molecule has 1 aromatic heterocycles. The Kier molecular flexibility index (Phi) is 3.69. The van der Waals surface area contributed by atoms with Crippen LogP contribution < -0.4 is 5.73 Å². The summed E-state index contributed by atoms with van der Waals surface area (Å²) in [5.74, 6) is 0. The fourth-order valence-corrected chi connectivity index (χ4v) is 1.99. The van der Waals surface area contributed by atoms with E-state index in [-0.39, 0.29) is 5.54 Å². The first-order chi connectivity index (χ1) is 6.74. The van der Waals surface area contributed by atoms with E-state index in [0.29, 0.717) is 6.54 Å². The van der Waals surface area contributed by atoms with Gasteiger partial charge in [0, 0.05) is 18.4 Å². The Bertz CT molecular complexity index is 266. The van der Waals surface area contributed by atoms with Crippen molar-refractivity contribution in [3.8, 4) is 0 Å². The van der Waals surface area contributed by atoms with Crippen molar-refractivity contribution in [3.05, 3.63) is 18.2 Å². The van der Waals surface area contributed by atoms with E-state index in [1.807, 2.05) is 12.5 Å². The van der Waals surface area contributed by atoms with Crippen LogP contribution in [0.15, 0.2) is 12.5 Å². The lowest BCUT2D eigenvalue weighted by Crippen LogP contribution is -2.40. The van der Waals surface area contributed by atoms with Gasteiger partial charge in [0.15, 0.2) is 0 Å². The highest BCUT2D eigenvalue weighted by Gasteiger charge is 2.27. The van der Waals surface area contributed by atoms with Gasteiger partial charge < -0.3 is 10.3 Å². The molecule has 0 aromatic carbocycles. The zero-order valence-corrected chi connectivity index (χ0v) is 9.45. The Hall–Kier alpha value is -0.830. The van der Waals surface area contributed by atoms with Crippen molar-refractivity contribution in [2.45, 2.75) is 45.6 Å². The number of rotatable bonds is 5. The van der Waals surface area contributed by atoms with Gasteiger partial charge in [-0.2, -0.15) is 0 Å². The van der Waals surface area contributed by atoms with Gasteiger partial charge in [0.2, 0.25) is 0 Å². The zero-order valence-electron chi connectivity index (χ0n) is 9.45. The first kappa shape index (κ1) is 11.2. The molecule has 0 saturated heterocycles. The van der Waals surface area contributed by atoms with Crippen LogP contribution in [0, 0.1) is 0 Å². The molecule has 1 rings (SSSR count). The van der Waals surface area contributed by atoms with Crippen LogP contribution in [0.4, 0.5) is 0 Å². The third kappa shape index (κ3) is 1.69. The van der Waals surface area contributed by atoms with Crippen LogP contribution in [0.25, 0.3) is 0 Å². The molecule has 0 saturated carbocycles. The predicted octanol–water partition coefficient (Wildman–Crippen LogP) is 1.92. The van der Waals surface area contributed by atoms with E-state index in [9.17, 15) is 0 Å². The Labute approximate surface area is 86.3 Å². The summed E-state index contributed by atoms with van der Waals surface area (Å²) in [5.41, 5.74) is 7.24. The van der Waals surface area contributed by atoms with Crippen molar-refractivity contribution in [3.63, 3.8) is 0 Å². The minimum Gasteiger partial charge on any atom is -0.328 e. The zero-order chi connectivity index (χ0) is 10.6. The van der Waals surface area contributed by atoms with Gasteiger partial charge in [-0.1, -0.05) is 20.8 Å². The molecule has 14 heavy (non-hydrogen) atoms. The van der Waals surface area contributed by atoms with E-state index in [4.69, 9.17) is 5.73 Å². The fraction of sp³-hybridized carbons (Fsp3) is 0.727. The third-order valence-electron chi connectivity index (χ3n) is 3.28. The normalized spacial score (nSPS) is 12.0. The number of nitrogens with zero attached hydrogens (tertiary/aromatic N) is 2. The summed E-state index contributed by atoms with van der Waals surface area (Å²) in [6, 6.07) is 0. The molecule has 1 heterocycles. The molecule has 0 aliphatic heterocycles. The van der Waals surface area contributed by atoms with Gasteiger partial charge in [-0.3, -0.25) is 0 Å². The number of imidazole rings is 1. The highest BCUT2D eigenvalue weighted by Crippen LogP contribution is 2.25. The van der Waals surface area contributed by atoms with Gasteiger partial charge in [-0.05, 0) is 19.3 Å². The van der Waals surface area contributed by atoms with Gasteiger partial charge in [-0.15, -0.1) is 0 Å². The van der Waals surface area contributed by atoms with Crippen LogP contribution in [0.2, 0.25) is 0 Å². The van der Waals surface area contributed by atoms with Crippen molar-refractivity contribution >= 4 is 0 Å². The van der Waals surface area contributed by atoms with E-state index >= 15 is 0 Å². The third-order valence-corrected chi connectivity index (χ3v) is 3.28. The molecule has 3 heteroatoms. The van der Waals surface area contributed by atoms with Crippen LogP contribution in [-0.2, 0) is 12.0 Å². The molecular formula is C11H21N3. The maximum atomic E-state index is 5.89. The van der Waals surface area contributed by atoms with Crippen LogP contribution in [0.1, 0.15) is 39.3 Å². The van der Waals surface area contributed by atoms with E-state index in [0.717, 1.165) is 19.3 Å². The Balaban J connectivity index is 3.09. The molecule has 0 amide bonds. The van der Waals surface area contributed by atoms with Crippen LogP contribution >= 0.6 is 0 Å². The molecule has 0 atom stereocenters. The van der Waals surface area contributed by atoms with Crippen LogP contribution in [0.3, 0.4) is 0 Å². The number of aromatic nitrogens is 2. The minimum absolute atomic E-state index is 0.0713. The molecule has 0 bridgehead atoms. The van der Waals surface area contributed by atoms with Crippen molar-refractivity contribution in [1.82, 2.24) is 9.55 Å². The summed E-state index contributed by atoms with van der Waals surface area (Å²) in [5, 5.41) is 0. The fourth-order valence-electron chi connectivity index (χ4n) is 1.99. The molecule has 0 fully saturated rings. The topological polar surface area (TPSA) is 43.8 Å². The van der Waals surface area contributed by atoms with Crippen molar-refractivity contribution < 1.29 is 0 Å². The predicted molar refractivity (Wildman–Crippen MR) is 59.2 cm³/mol. The van der Waals surface area contributed by atoms with Gasteiger partial charge in [-0.25, -0.2) is 4.98 Å². The van der Waals surface area contributed by atoms with Crippen molar-refractivity contribution in [2.75, 3.05) is 6.54 Å². The summed E-state index contributed by atoms with van der Waals surface area (Å²) in [7, 11) is 0. The average molecular weight is 195 g/mol. The smallest absolute Gasteiger partial charge is 0.0953 e. The quantitative estimate of drug-likeness (QED) is 0.780. The van der Waals surface area contributed by atoms with E-state index < -0.39 is 0 Å². The molecule has 0 radical (unpaired) electrons. The molecule has 3 nitrogen and oxygen atoms in total. The minimum atomic E-state index is 0.0713. The van der Waals surface area contributed by atoms with Crippen molar-refractivity contribution in [1.29, 1.82) is 0 Å². The van der Waals surface area contributed by atoms with E-state index in [1.165, 1.54) is 5.69 Å². The largest absolute Gasteiger partial charge is 0.328 e. The number of hydrogen-bond acceptors (Lipinski definition) is 2. The number of aryl methyl sites for hydroxylation is 1. The van der Waals surface area contributed by atoms with Crippen LogP contribution in [-0.4, -0.2) is 16.1 Å². The Morgan fingerprint density at radius 3 is 2.43 bits per heavy atom. The van der Waals surface area contributed by atoms with E-state index in [2.05, 4.69) is 30.3 Å². The number of nitrogens with two attached hydrogens (primary N) is 1. The monoisotopic (exact) mass is 195 g/mol. The second-order valence-electron chi connectivity index (χ2n) is 3.74. The molecule has 2 N–H and O–H groups in total. The summed E-state index contributed by atoms with van der Waals surface area (Å²) < 4.78 is 2.26. The molecular weight excluding hydrogens is 174 g/mol. The molecule has 80 valence electrons. The van der Waals surface area contributed by atoms with E-state index in [1.54, 1.807) is 0 Å². The molecule has 0 spiro atoms. The van der Waals surface area contributed by atoms with Gasteiger partial charge in [0.25, 0.3) is 0 Å². The standard InChI is InChI=1S/C11H21N3/c1-4-10-7-13-9-14(10)11(5-2,6-3)8-12/h7,9H,4-6,8,12H2,1-3H3. The summed E-state index contributed by atoms with van der Waals surface area (Å²) in [6.45, 7) is 7.22. The highest BCUT2D eigenvalue weighted by atomic mass is 15.1. The second-order valence-corrected chi connectivity index (χ2v) is 3.74. The maximum Gasteiger partial charge on any atom is 0.0953 e. The lowest BCUT2D eigenvalue weighted by atomic mass is 9.92. The number of hydrogen-bond donors (Lipinski definition) is 1. The first-order valence-electron chi connectivity index (χ1n) is 5.45. The summed E-state index contributed by atoms with van der Waals surface area (Å²) >= 11 is 0. The van der Waals surface area contributed by atoms with Gasteiger partial charge >= 0.3 is 0 Å². The van der Waals surface area contributed by atoms with Crippen molar-refractivity contribution in [2.24, 2.45) is 5.73 Å². The van der Waals surface area contributed by atoms with Gasteiger partial charge in [0.05, 0.1) is 11.9 Å². The SMILES string of the molecule is CCc1cncn1C(CC)(CC)CN. The molecule has 0 aliphatic carbocycles. The maximum absolute atomic E-state index is 5.89. The lowest BCUT2D eigenvalue weighted by Gasteiger charge is -2.33. The van der Waals surface area contributed by atoms with Crippen LogP contribution in [0.5, 0.6) is 0 Å². The van der Waals surface area contributed by atoms with Gasteiger partial charge in [0.1, 0.15) is 0 Å². The molecule has 0 unspecified atom stereocenters. The molecule has 1 aromatic rings.